The highest BCUT2D eigenvalue weighted by molar-refractivity contribution is 5.81. The van der Waals surface area contributed by atoms with Gasteiger partial charge in [-0.1, -0.05) is 29.8 Å². The maximum Gasteiger partial charge on any atom is 0.252 e. The molecule has 3 aliphatic heterocycles. The summed E-state index contributed by atoms with van der Waals surface area (Å²) in [7, 11) is 0. The van der Waals surface area contributed by atoms with Crippen LogP contribution in [0.15, 0.2) is 24.3 Å². The first-order valence-electron chi connectivity index (χ1n) is 9.34. The van der Waals surface area contributed by atoms with E-state index in [1.54, 1.807) is 0 Å². The Morgan fingerprint density at radius 1 is 0.926 bits per heavy atom. The number of hydrogen-bond acceptors (Lipinski definition) is 6. The van der Waals surface area contributed by atoms with E-state index in [1.165, 1.54) is 5.56 Å². The van der Waals surface area contributed by atoms with Crippen molar-refractivity contribution in [3.05, 3.63) is 35.4 Å². The molecule has 0 radical (unpaired) electrons. The molecule has 0 saturated carbocycles. The van der Waals surface area contributed by atoms with E-state index >= 15 is 0 Å². The molecule has 4 rings (SSSR count). The number of hydrogen-bond donors (Lipinski definition) is 1. The van der Waals surface area contributed by atoms with Crippen LogP contribution in [-0.2, 0) is 35.0 Å². The van der Waals surface area contributed by atoms with Gasteiger partial charge in [0.15, 0.2) is 24.0 Å². The van der Waals surface area contributed by atoms with Gasteiger partial charge in [-0.2, -0.15) is 0 Å². The first-order chi connectivity index (χ1) is 12.6. The largest absolute Gasteiger partial charge is 0.350 e. The molecule has 3 fully saturated rings. The van der Waals surface area contributed by atoms with E-state index in [2.05, 4.69) is 5.32 Å². The molecule has 148 valence electrons. The van der Waals surface area contributed by atoms with E-state index in [9.17, 15) is 4.79 Å². The topological polar surface area (TPSA) is 75.3 Å². The summed E-state index contributed by atoms with van der Waals surface area (Å²) in [5, 5.41) is 2.93. The highest BCUT2D eigenvalue weighted by Gasteiger charge is 2.62. The molecule has 3 heterocycles. The van der Waals surface area contributed by atoms with E-state index in [4.69, 9.17) is 23.7 Å². The van der Waals surface area contributed by atoms with Crippen LogP contribution in [0, 0.1) is 6.92 Å². The molecule has 1 aromatic carbocycles. The Morgan fingerprint density at radius 2 is 1.52 bits per heavy atom. The Hall–Kier alpha value is -1.51. The minimum Gasteiger partial charge on any atom is -0.350 e. The highest BCUT2D eigenvalue weighted by atomic mass is 16.9. The second-order valence-electron chi connectivity index (χ2n) is 8.29. The average molecular weight is 377 g/mol. The van der Waals surface area contributed by atoms with Gasteiger partial charge in [-0.3, -0.25) is 4.79 Å². The van der Waals surface area contributed by atoms with Crippen LogP contribution in [0.5, 0.6) is 0 Å². The van der Waals surface area contributed by atoms with Gasteiger partial charge in [0.1, 0.15) is 18.3 Å². The molecule has 1 N–H and O–H groups in total. The molecule has 0 spiro atoms. The lowest BCUT2D eigenvalue weighted by molar-refractivity contribution is -0.231. The number of aryl methyl sites for hydroxylation is 1. The van der Waals surface area contributed by atoms with Crippen LogP contribution in [0.4, 0.5) is 0 Å². The monoisotopic (exact) mass is 377 g/mol. The van der Waals surface area contributed by atoms with Crippen molar-refractivity contribution in [1.82, 2.24) is 5.32 Å². The average Bonchev–Trinajstić information content (AvgIpc) is 3.07. The maximum absolute atomic E-state index is 12.9. The lowest BCUT2D eigenvalue weighted by Gasteiger charge is -2.36. The molecule has 0 aromatic heterocycles. The molecule has 5 unspecified atom stereocenters. The van der Waals surface area contributed by atoms with Crippen molar-refractivity contribution in [2.75, 3.05) is 0 Å². The lowest BCUT2D eigenvalue weighted by Crippen LogP contribution is -2.59. The molecule has 5 atom stereocenters. The third-order valence-corrected chi connectivity index (χ3v) is 5.00. The SMILES string of the molecule is Cc1ccc(CNC(=O)C2OC3OC(C)(C)OC3C3OC(C)(C)OC23)cc1. The van der Waals surface area contributed by atoms with Gasteiger partial charge < -0.3 is 29.0 Å². The molecular weight excluding hydrogens is 350 g/mol. The van der Waals surface area contributed by atoms with Gasteiger partial charge in [0.25, 0.3) is 5.91 Å². The molecule has 3 saturated heterocycles. The standard InChI is InChI=1S/C20H27NO6/c1-11-6-8-12(9-7-11)10-21-17(22)15-13-14(25-19(2,3)24-13)16-18(23-15)27-20(4,5)26-16/h6-9,13-16,18H,10H2,1-5H3,(H,21,22). The van der Waals surface area contributed by atoms with Crippen molar-refractivity contribution >= 4 is 5.91 Å². The van der Waals surface area contributed by atoms with E-state index in [0.29, 0.717) is 6.54 Å². The number of amides is 1. The molecule has 0 bridgehead atoms. The third-order valence-electron chi connectivity index (χ3n) is 5.00. The van der Waals surface area contributed by atoms with Crippen LogP contribution in [-0.4, -0.2) is 48.2 Å². The van der Waals surface area contributed by atoms with Crippen molar-refractivity contribution in [2.24, 2.45) is 0 Å². The number of carbonyl (C=O) groups is 1. The van der Waals surface area contributed by atoms with Crippen LogP contribution in [0.25, 0.3) is 0 Å². The summed E-state index contributed by atoms with van der Waals surface area (Å²) in [4.78, 5) is 12.9. The van der Waals surface area contributed by atoms with E-state index in [1.807, 2.05) is 58.9 Å². The summed E-state index contributed by atoms with van der Waals surface area (Å²) in [6, 6.07) is 8.01. The van der Waals surface area contributed by atoms with Crippen molar-refractivity contribution in [1.29, 1.82) is 0 Å². The number of nitrogens with one attached hydrogen (secondary N) is 1. The summed E-state index contributed by atoms with van der Waals surface area (Å²) in [5.41, 5.74) is 2.19. The van der Waals surface area contributed by atoms with Gasteiger partial charge in [0.05, 0.1) is 0 Å². The highest BCUT2D eigenvalue weighted by Crippen LogP contribution is 2.44. The van der Waals surface area contributed by atoms with E-state index < -0.39 is 42.3 Å². The predicted molar refractivity (Wildman–Crippen MR) is 95.5 cm³/mol. The molecular formula is C20H27NO6. The first kappa shape index (κ1) is 18.8. The zero-order chi connectivity index (χ0) is 19.4. The smallest absolute Gasteiger partial charge is 0.252 e. The Kier molecular flexibility index (Phi) is 4.56. The van der Waals surface area contributed by atoms with Gasteiger partial charge in [-0.25, -0.2) is 0 Å². The first-order valence-corrected chi connectivity index (χ1v) is 9.34. The zero-order valence-electron chi connectivity index (χ0n) is 16.4. The Morgan fingerprint density at radius 3 is 2.22 bits per heavy atom. The summed E-state index contributed by atoms with van der Waals surface area (Å²) < 4.78 is 29.7. The van der Waals surface area contributed by atoms with Gasteiger partial charge >= 0.3 is 0 Å². The fourth-order valence-corrected chi connectivity index (χ4v) is 3.82. The predicted octanol–water partition coefficient (Wildman–Crippen LogP) is 2.01. The van der Waals surface area contributed by atoms with Crippen LogP contribution >= 0.6 is 0 Å². The number of ether oxygens (including phenoxy) is 5. The molecule has 1 amide bonds. The van der Waals surface area contributed by atoms with Gasteiger partial charge in [-0.15, -0.1) is 0 Å². The van der Waals surface area contributed by atoms with E-state index in [0.717, 1.165) is 5.56 Å². The summed E-state index contributed by atoms with van der Waals surface area (Å²) in [5.74, 6) is -1.87. The van der Waals surface area contributed by atoms with Crippen molar-refractivity contribution in [2.45, 2.75) is 83.4 Å². The van der Waals surface area contributed by atoms with Crippen molar-refractivity contribution in [3.63, 3.8) is 0 Å². The van der Waals surface area contributed by atoms with Gasteiger partial charge in [0, 0.05) is 6.54 Å². The zero-order valence-corrected chi connectivity index (χ0v) is 16.4. The minimum absolute atomic E-state index is 0.251. The second kappa shape index (κ2) is 6.53. The summed E-state index contributed by atoms with van der Waals surface area (Å²) in [6.45, 7) is 9.72. The fraction of sp³-hybridized carbons (Fsp3) is 0.650. The number of rotatable bonds is 3. The molecule has 7 nitrogen and oxygen atoms in total. The summed E-state index contributed by atoms with van der Waals surface area (Å²) >= 11 is 0. The molecule has 27 heavy (non-hydrogen) atoms. The van der Waals surface area contributed by atoms with Crippen LogP contribution in [0.3, 0.4) is 0 Å². The fourth-order valence-electron chi connectivity index (χ4n) is 3.82. The molecule has 1 aromatic rings. The molecule has 3 aliphatic rings. The van der Waals surface area contributed by atoms with Crippen molar-refractivity contribution in [3.8, 4) is 0 Å². The number of fused-ring (bicyclic) bond motifs is 3. The number of benzene rings is 1. The number of carbonyl (C=O) groups excluding carboxylic acids is 1. The Balaban J connectivity index is 1.49. The van der Waals surface area contributed by atoms with Crippen molar-refractivity contribution < 1.29 is 28.5 Å². The maximum atomic E-state index is 12.9. The Labute approximate surface area is 159 Å². The molecule has 0 aliphatic carbocycles. The minimum atomic E-state index is -0.832. The van der Waals surface area contributed by atoms with Crippen LogP contribution < -0.4 is 5.32 Å². The quantitative estimate of drug-likeness (QED) is 0.869. The third kappa shape index (κ3) is 3.75. The van der Waals surface area contributed by atoms with Crippen LogP contribution in [0.2, 0.25) is 0 Å². The van der Waals surface area contributed by atoms with Gasteiger partial charge in [-0.05, 0) is 40.2 Å². The Bertz CT molecular complexity index is 716. The normalized spacial score (nSPS) is 36.1. The lowest BCUT2D eigenvalue weighted by atomic mass is 9.98. The van der Waals surface area contributed by atoms with E-state index in [-0.39, 0.29) is 5.91 Å². The van der Waals surface area contributed by atoms with Gasteiger partial charge in [0.2, 0.25) is 0 Å². The second-order valence-corrected chi connectivity index (χ2v) is 8.29. The summed E-state index contributed by atoms with van der Waals surface area (Å²) in [6.07, 6.45) is -2.94. The molecule has 7 heteroatoms. The van der Waals surface area contributed by atoms with Crippen LogP contribution in [0.1, 0.15) is 38.8 Å².